The number of rotatable bonds is 3. The summed E-state index contributed by atoms with van der Waals surface area (Å²) >= 11 is 0. The molecule has 3 aromatic rings. The Morgan fingerprint density at radius 1 is 0.963 bits per heavy atom. The molecule has 1 aliphatic rings. The fourth-order valence-corrected chi connectivity index (χ4v) is 5.96. The van der Waals surface area contributed by atoms with Gasteiger partial charge in [-0.25, -0.2) is 12.4 Å². The molecule has 27 heavy (non-hydrogen) atoms. The van der Waals surface area contributed by atoms with E-state index in [1.54, 1.807) is 6.20 Å². The fraction of sp³-hybridized carbons (Fsp3) is 0.333. The van der Waals surface area contributed by atoms with Crippen LogP contribution in [0.3, 0.4) is 0 Å². The van der Waals surface area contributed by atoms with Gasteiger partial charge in [0, 0.05) is 43.4 Å². The quantitative estimate of drug-likeness (QED) is 0.755. The summed E-state index contributed by atoms with van der Waals surface area (Å²) in [7, 11) is -3.66. The molecule has 5 nitrogen and oxygen atoms in total. The highest BCUT2D eigenvalue weighted by atomic mass is 32.2. The molecule has 6 heteroatoms. The van der Waals surface area contributed by atoms with Crippen molar-refractivity contribution in [2.75, 3.05) is 31.1 Å². The van der Waals surface area contributed by atoms with Gasteiger partial charge in [0.15, 0.2) is 0 Å². The van der Waals surface area contributed by atoms with Crippen LogP contribution < -0.4 is 10.2 Å². The first kappa shape index (κ1) is 18.1. The maximum absolute atomic E-state index is 13.5. The molecule has 1 saturated heterocycles. The van der Waals surface area contributed by atoms with Crippen molar-refractivity contribution in [3.8, 4) is 0 Å². The lowest BCUT2D eigenvalue weighted by Gasteiger charge is -2.30. The lowest BCUT2D eigenvalue weighted by molar-refractivity contribution is 0.587. The van der Waals surface area contributed by atoms with Gasteiger partial charge in [-0.1, -0.05) is 23.8 Å². The minimum atomic E-state index is -3.66. The van der Waals surface area contributed by atoms with Gasteiger partial charge in [0.2, 0.25) is 0 Å². The van der Waals surface area contributed by atoms with Gasteiger partial charge < -0.3 is 10.2 Å². The van der Waals surface area contributed by atoms with Crippen molar-refractivity contribution in [2.24, 2.45) is 0 Å². The number of aryl methyl sites for hydroxylation is 3. The Balaban J connectivity index is 1.88. The van der Waals surface area contributed by atoms with Crippen LogP contribution >= 0.6 is 0 Å². The van der Waals surface area contributed by atoms with E-state index in [2.05, 4.69) is 16.3 Å². The van der Waals surface area contributed by atoms with Gasteiger partial charge in [-0.3, -0.25) is 0 Å². The van der Waals surface area contributed by atoms with Crippen molar-refractivity contribution in [3.05, 3.63) is 59.3 Å². The predicted molar refractivity (Wildman–Crippen MR) is 110 cm³/mol. The summed E-state index contributed by atoms with van der Waals surface area (Å²) in [5, 5.41) is 4.33. The Kier molecular flexibility index (Phi) is 4.48. The van der Waals surface area contributed by atoms with Crippen LogP contribution in [0, 0.1) is 20.8 Å². The standard InChI is InChI=1S/C21H25N3O2S/c1-15-13-16(2)21(17(3)14-15)27(25,26)24-10-7-18-19(5-4-6-20(18)24)23-11-8-22-9-12-23/h4-7,10,13-14,22H,8-9,11-12H2,1-3H3. The van der Waals surface area contributed by atoms with E-state index in [1.807, 2.05) is 51.1 Å². The SMILES string of the molecule is Cc1cc(C)c(S(=O)(=O)n2ccc3c(N4CCNCC4)cccc32)c(C)c1. The summed E-state index contributed by atoms with van der Waals surface area (Å²) in [5.41, 5.74) is 4.47. The first-order valence-electron chi connectivity index (χ1n) is 9.29. The maximum atomic E-state index is 13.5. The molecule has 0 aliphatic carbocycles. The average Bonchev–Trinajstić information content (AvgIpc) is 3.06. The first-order valence-corrected chi connectivity index (χ1v) is 10.7. The molecule has 2 aromatic carbocycles. The molecule has 1 fully saturated rings. The van der Waals surface area contributed by atoms with Crippen LogP contribution in [0.15, 0.2) is 47.5 Å². The number of fused-ring (bicyclic) bond motifs is 1. The number of benzene rings is 2. The van der Waals surface area contributed by atoms with Crippen LogP contribution in [0.5, 0.6) is 0 Å². The third-order valence-corrected chi connectivity index (χ3v) is 7.25. The molecule has 142 valence electrons. The van der Waals surface area contributed by atoms with Crippen molar-refractivity contribution >= 4 is 26.6 Å². The Bertz CT molecular complexity index is 1090. The smallest absolute Gasteiger partial charge is 0.268 e. The van der Waals surface area contributed by atoms with Gasteiger partial charge >= 0.3 is 0 Å². The number of anilines is 1. The van der Waals surface area contributed by atoms with Gasteiger partial charge in [0.25, 0.3) is 10.0 Å². The highest BCUT2D eigenvalue weighted by Crippen LogP contribution is 2.32. The molecule has 2 heterocycles. The molecule has 1 N–H and O–H groups in total. The van der Waals surface area contributed by atoms with Crippen molar-refractivity contribution in [1.82, 2.24) is 9.29 Å². The Hall–Kier alpha value is -2.31. The summed E-state index contributed by atoms with van der Waals surface area (Å²) in [5.74, 6) is 0. The Morgan fingerprint density at radius 2 is 1.63 bits per heavy atom. The average molecular weight is 384 g/mol. The van der Waals surface area contributed by atoms with E-state index in [1.165, 1.54) is 3.97 Å². The van der Waals surface area contributed by atoms with Crippen molar-refractivity contribution < 1.29 is 8.42 Å². The monoisotopic (exact) mass is 383 g/mol. The number of aromatic nitrogens is 1. The van der Waals surface area contributed by atoms with E-state index >= 15 is 0 Å². The molecule has 0 saturated carbocycles. The van der Waals surface area contributed by atoms with Gasteiger partial charge in [-0.05, 0) is 50.1 Å². The highest BCUT2D eigenvalue weighted by molar-refractivity contribution is 7.90. The Morgan fingerprint density at radius 3 is 2.30 bits per heavy atom. The zero-order valence-electron chi connectivity index (χ0n) is 16.0. The lowest BCUT2D eigenvalue weighted by atomic mass is 10.1. The van der Waals surface area contributed by atoms with E-state index in [0.717, 1.165) is 59.5 Å². The molecule has 0 amide bonds. The van der Waals surface area contributed by atoms with E-state index in [0.29, 0.717) is 4.90 Å². The fourth-order valence-electron chi connectivity index (χ4n) is 4.19. The topological polar surface area (TPSA) is 54.3 Å². The number of nitrogens with zero attached hydrogens (tertiary/aromatic N) is 2. The maximum Gasteiger partial charge on any atom is 0.268 e. The first-order chi connectivity index (χ1) is 12.9. The lowest BCUT2D eigenvalue weighted by Crippen LogP contribution is -2.43. The summed E-state index contributed by atoms with van der Waals surface area (Å²) in [4.78, 5) is 2.72. The minimum absolute atomic E-state index is 0.401. The van der Waals surface area contributed by atoms with Crippen LogP contribution in [0.4, 0.5) is 5.69 Å². The van der Waals surface area contributed by atoms with Crippen LogP contribution in [0.25, 0.3) is 10.9 Å². The molecule has 0 radical (unpaired) electrons. The molecule has 4 rings (SSSR count). The molecule has 1 aliphatic heterocycles. The largest absolute Gasteiger partial charge is 0.368 e. The summed E-state index contributed by atoms with van der Waals surface area (Å²) in [6, 6.07) is 11.7. The van der Waals surface area contributed by atoms with Crippen molar-refractivity contribution in [3.63, 3.8) is 0 Å². The van der Waals surface area contributed by atoms with Crippen molar-refractivity contribution in [1.29, 1.82) is 0 Å². The second-order valence-electron chi connectivity index (χ2n) is 7.29. The second-order valence-corrected chi connectivity index (χ2v) is 9.04. The zero-order chi connectivity index (χ0) is 19.2. The van der Waals surface area contributed by atoms with E-state index in [9.17, 15) is 8.42 Å². The van der Waals surface area contributed by atoms with Gasteiger partial charge in [-0.2, -0.15) is 0 Å². The second kappa shape index (κ2) is 6.69. The van der Waals surface area contributed by atoms with Crippen LogP contribution in [0.2, 0.25) is 0 Å². The van der Waals surface area contributed by atoms with Gasteiger partial charge in [-0.15, -0.1) is 0 Å². The minimum Gasteiger partial charge on any atom is -0.368 e. The molecule has 0 spiro atoms. The normalized spacial score (nSPS) is 15.4. The van der Waals surface area contributed by atoms with E-state index in [4.69, 9.17) is 0 Å². The van der Waals surface area contributed by atoms with Crippen LogP contribution in [-0.2, 0) is 10.0 Å². The third-order valence-electron chi connectivity index (χ3n) is 5.25. The number of hydrogen-bond acceptors (Lipinski definition) is 4. The molecule has 0 unspecified atom stereocenters. The number of piperazine rings is 1. The number of nitrogens with one attached hydrogen (secondary N) is 1. The van der Waals surface area contributed by atoms with Crippen molar-refractivity contribution in [2.45, 2.75) is 25.7 Å². The molecule has 1 aromatic heterocycles. The van der Waals surface area contributed by atoms with Gasteiger partial charge in [0.1, 0.15) is 0 Å². The van der Waals surface area contributed by atoms with E-state index in [-0.39, 0.29) is 0 Å². The van der Waals surface area contributed by atoms with Crippen LogP contribution in [-0.4, -0.2) is 38.6 Å². The molecule has 0 atom stereocenters. The summed E-state index contributed by atoms with van der Waals surface area (Å²) in [6.45, 7) is 9.45. The third kappa shape index (κ3) is 3.03. The molecule has 0 bridgehead atoms. The van der Waals surface area contributed by atoms with Gasteiger partial charge in [0.05, 0.1) is 10.4 Å². The zero-order valence-corrected chi connectivity index (χ0v) is 16.8. The molecular weight excluding hydrogens is 358 g/mol. The van der Waals surface area contributed by atoms with Crippen LogP contribution in [0.1, 0.15) is 16.7 Å². The highest BCUT2D eigenvalue weighted by Gasteiger charge is 2.24. The summed E-state index contributed by atoms with van der Waals surface area (Å²) < 4.78 is 28.4. The molecular formula is C21H25N3O2S. The predicted octanol–water partition coefficient (Wildman–Crippen LogP) is 3.21. The van der Waals surface area contributed by atoms with E-state index < -0.39 is 10.0 Å². The summed E-state index contributed by atoms with van der Waals surface area (Å²) in [6.07, 6.45) is 1.68. The Labute approximate surface area is 160 Å². The number of hydrogen-bond donors (Lipinski definition) is 1.